The Bertz CT molecular complexity index is 1010. The minimum absolute atomic E-state index is 0.115. The highest BCUT2D eigenvalue weighted by Crippen LogP contribution is 2.38. The molecule has 0 spiro atoms. The maximum Gasteiger partial charge on any atom is 0.429 e. The van der Waals surface area contributed by atoms with Crippen molar-refractivity contribution in [2.75, 3.05) is 0 Å². The van der Waals surface area contributed by atoms with E-state index in [0.717, 1.165) is 24.5 Å². The first-order chi connectivity index (χ1) is 14.1. The van der Waals surface area contributed by atoms with Crippen LogP contribution in [0.2, 0.25) is 0 Å². The second kappa shape index (κ2) is 8.42. The van der Waals surface area contributed by atoms with E-state index in [9.17, 15) is 26.3 Å². The molecule has 0 amide bonds. The number of benzene rings is 3. The van der Waals surface area contributed by atoms with Gasteiger partial charge in [-0.2, -0.15) is 8.78 Å². The van der Waals surface area contributed by atoms with Crippen LogP contribution in [0.25, 0.3) is 11.1 Å². The van der Waals surface area contributed by atoms with Gasteiger partial charge in [-0.3, -0.25) is 0 Å². The highest BCUT2D eigenvalue weighted by atomic mass is 19.3. The van der Waals surface area contributed by atoms with Crippen LogP contribution in [0.15, 0.2) is 48.5 Å². The SMILES string of the molecule is CCCc1ccc(-c2cc(C)c(C(F)(F)Oc3cc(F)c(F)c(F)c3)c(F)c2)cc1. The van der Waals surface area contributed by atoms with Crippen molar-refractivity contribution in [1.82, 2.24) is 0 Å². The summed E-state index contributed by atoms with van der Waals surface area (Å²) < 4.78 is 87.8. The van der Waals surface area contributed by atoms with Crippen molar-refractivity contribution in [3.05, 3.63) is 88.5 Å². The second-order valence-corrected chi connectivity index (χ2v) is 6.92. The molecular formula is C23H18F6O. The molecular weight excluding hydrogens is 406 g/mol. The summed E-state index contributed by atoms with van der Waals surface area (Å²) in [5.74, 6) is -7.41. The van der Waals surface area contributed by atoms with E-state index in [1.807, 2.05) is 19.1 Å². The molecule has 3 aromatic rings. The van der Waals surface area contributed by atoms with Crippen molar-refractivity contribution >= 4 is 0 Å². The average Bonchev–Trinajstić information content (AvgIpc) is 2.65. The van der Waals surface area contributed by atoms with Gasteiger partial charge in [-0.15, -0.1) is 0 Å². The number of rotatable bonds is 6. The molecule has 7 heteroatoms. The maximum atomic E-state index is 14.6. The van der Waals surface area contributed by atoms with Gasteiger partial charge in [0.2, 0.25) is 0 Å². The smallest absolute Gasteiger partial charge is 0.429 e. The largest absolute Gasteiger partial charge is 0.429 e. The summed E-state index contributed by atoms with van der Waals surface area (Å²) in [5, 5.41) is 0. The average molecular weight is 424 g/mol. The fourth-order valence-corrected chi connectivity index (χ4v) is 3.22. The zero-order valence-electron chi connectivity index (χ0n) is 16.2. The summed E-state index contributed by atoms with van der Waals surface area (Å²) >= 11 is 0. The molecule has 0 saturated heterocycles. The van der Waals surface area contributed by atoms with Gasteiger partial charge in [0.05, 0.1) is 0 Å². The van der Waals surface area contributed by atoms with Crippen molar-refractivity contribution in [2.45, 2.75) is 32.8 Å². The Morgan fingerprint density at radius 2 is 1.40 bits per heavy atom. The number of alkyl halides is 2. The normalized spacial score (nSPS) is 11.6. The Morgan fingerprint density at radius 1 is 0.800 bits per heavy atom. The molecule has 0 saturated carbocycles. The summed E-state index contributed by atoms with van der Waals surface area (Å²) in [5.41, 5.74) is 0.963. The number of hydrogen-bond acceptors (Lipinski definition) is 1. The van der Waals surface area contributed by atoms with Gasteiger partial charge in [0, 0.05) is 12.1 Å². The zero-order chi connectivity index (χ0) is 22.1. The van der Waals surface area contributed by atoms with Crippen molar-refractivity contribution < 1.29 is 31.1 Å². The lowest BCUT2D eigenvalue weighted by molar-refractivity contribution is -0.188. The van der Waals surface area contributed by atoms with E-state index >= 15 is 0 Å². The first kappa shape index (κ1) is 21.7. The quantitative estimate of drug-likeness (QED) is 0.298. The van der Waals surface area contributed by atoms with Gasteiger partial charge in [-0.25, -0.2) is 17.6 Å². The molecule has 0 aromatic heterocycles. The topological polar surface area (TPSA) is 9.23 Å². The van der Waals surface area contributed by atoms with Gasteiger partial charge >= 0.3 is 6.11 Å². The molecule has 158 valence electrons. The van der Waals surface area contributed by atoms with Crippen molar-refractivity contribution in [3.63, 3.8) is 0 Å². The van der Waals surface area contributed by atoms with Crippen LogP contribution in [0, 0.1) is 30.2 Å². The fourth-order valence-electron chi connectivity index (χ4n) is 3.22. The third-order valence-electron chi connectivity index (χ3n) is 4.61. The molecule has 0 atom stereocenters. The van der Waals surface area contributed by atoms with Crippen LogP contribution in [0.4, 0.5) is 26.3 Å². The summed E-state index contributed by atoms with van der Waals surface area (Å²) in [6, 6.07) is 10.2. The Kier molecular flexibility index (Phi) is 6.10. The molecule has 0 radical (unpaired) electrons. The molecule has 0 N–H and O–H groups in total. The molecule has 30 heavy (non-hydrogen) atoms. The summed E-state index contributed by atoms with van der Waals surface area (Å²) in [4.78, 5) is 0. The van der Waals surface area contributed by atoms with Gasteiger partial charge in [-0.1, -0.05) is 43.7 Å². The zero-order valence-corrected chi connectivity index (χ0v) is 16.2. The van der Waals surface area contributed by atoms with E-state index in [4.69, 9.17) is 0 Å². The van der Waals surface area contributed by atoms with E-state index in [1.165, 1.54) is 13.0 Å². The minimum Gasteiger partial charge on any atom is -0.429 e. The van der Waals surface area contributed by atoms with E-state index < -0.39 is 40.7 Å². The molecule has 0 heterocycles. The third kappa shape index (κ3) is 4.45. The number of ether oxygens (including phenoxy) is 1. The van der Waals surface area contributed by atoms with Gasteiger partial charge < -0.3 is 4.74 Å². The van der Waals surface area contributed by atoms with Gasteiger partial charge in [-0.05, 0) is 41.7 Å². The van der Waals surface area contributed by atoms with Crippen molar-refractivity contribution in [1.29, 1.82) is 0 Å². The predicted octanol–water partition coefficient (Wildman–Crippen LogP) is 7.30. The van der Waals surface area contributed by atoms with Gasteiger partial charge in [0.25, 0.3) is 0 Å². The Labute approximate surface area is 169 Å². The fraction of sp³-hybridized carbons (Fsp3) is 0.217. The lowest BCUT2D eigenvalue weighted by atomic mass is 9.97. The van der Waals surface area contributed by atoms with E-state index in [-0.39, 0.29) is 17.7 Å². The van der Waals surface area contributed by atoms with Gasteiger partial charge in [0.15, 0.2) is 17.5 Å². The predicted molar refractivity (Wildman–Crippen MR) is 101 cm³/mol. The first-order valence-corrected chi connectivity index (χ1v) is 9.23. The molecule has 3 aromatic carbocycles. The lowest BCUT2D eigenvalue weighted by Gasteiger charge is -2.21. The van der Waals surface area contributed by atoms with Crippen LogP contribution in [0.1, 0.15) is 30.0 Å². The molecule has 3 rings (SSSR count). The summed E-state index contributed by atoms with van der Waals surface area (Å²) in [7, 11) is 0. The van der Waals surface area contributed by atoms with Crippen LogP contribution < -0.4 is 4.74 Å². The van der Waals surface area contributed by atoms with Gasteiger partial charge in [0.1, 0.15) is 17.1 Å². The summed E-state index contributed by atoms with van der Waals surface area (Å²) in [6.07, 6.45) is -2.38. The van der Waals surface area contributed by atoms with Crippen molar-refractivity contribution in [3.8, 4) is 16.9 Å². The van der Waals surface area contributed by atoms with Crippen LogP contribution in [-0.2, 0) is 12.5 Å². The molecule has 0 fully saturated rings. The molecule has 1 nitrogen and oxygen atoms in total. The van der Waals surface area contributed by atoms with Crippen LogP contribution >= 0.6 is 0 Å². The standard InChI is InChI=1S/C23H18F6O/c1-3-4-14-5-7-15(8-6-14)16-9-13(2)21(18(24)10-16)23(28,29)30-17-11-19(25)22(27)20(26)12-17/h5-12H,3-4H2,1-2H3. The molecule has 0 aliphatic heterocycles. The number of hydrogen-bond donors (Lipinski definition) is 0. The number of halogens is 6. The van der Waals surface area contributed by atoms with E-state index in [0.29, 0.717) is 11.1 Å². The molecule has 0 unspecified atom stereocenters. The Balaban J connectivity index is 1.94. The van der Waals surface area contributed by atoms with Crippen molar-refractivity contribution in [2.24, 2.45) is 0 Å². The maximum absolute atomic E-state index is 14.6. The highest BCUT2D eigenvalue weighted by molar-refractivity contribution is 5.65. The number of aryl methyl sites for hydroxylation is 2. The minimum atomic E-state index is -4.24. The summed E-state index contributed by atoms with van der Waals surface area (Å²) in [6.45, 7) is 3.32. The lowest BCUT2D eigenvalue weighted by Crippen LogP contribution is -2.25. The van der Waals surface area contributed by atoms with E-state index in [1.54, 1.807) is 12.1 Å². The molecule has 0 aliphatic rings. The second-order valence-electron chi connectivity index (χ2n) is 6.92. The highest BCUT2D eigenvalue weighted by Gasteiger charge is 2.40. The van der Waals surface area contributed by atoms with Crippen LogP contribution in [0.3, 0.4) is 0 Å². The van der Waals surface area contributed by atoms with Crippen LogP contribution in [-0.4, -0.2) is 0 Å². The first-order valence-electron chi connectivity index (χ1n) is 9.23. The Morgan fingerprint density at radius 3 is 1.93 bits per heavy atom. The third-order valence-corrected chi connectivity index (χ3v) is 4.61. The molecule has 0 aliphatic carbocycles. The monoisotopic (exact) mass is 424 g/mol. The molecule has 0 bridgehead atoms. The van der Waals surface area contributed by atoms with Crippen LogP contribution in [0.5, 0.6) is 5.75 Å². The van der Waals surface area contributed by atoms with E-state index in [2.05, 4.69) is 4.74 Å². The Hall–Kier alpha value is -2.96.